The molecular formula is C50H39N. The van der Waals surface area contributed by atoms with E-state index in [2.05, 4.69) is 219 Å². The quantitative estimate of drug-likeness (QED) is 0.158. The molecule has 51 heavy (non-hydrogen) atoms. The van der Waals surface area contributed by atoms with E-state index in [9.17, 15) is 0 Å². The van der Waals surface area contributed by atoms with Gasteiger partial charge in [0, 0.05) is 22.5 Å². The molecule has 0 aliphatic rings. The molecule has 0 amide bonds. The summed E-state index contributed by atoms with van der Waals surface area (Å²) in [4.78, 5) is 2.44. The molecule has 8 aromatic rings. The Morgan fingerprint density at radius 2 is 0.569 bits per heavy atom. The van der Waals surface area contributed by atoms with Gasteiger partial charge in [-0.1, -0.05) is 175 Å². The van der Waals surface area contributed by atoms with Crippen molar-refractivity contribution in [3.63, 3.8) is 0 Å². The maximum Gasteiger partial charge on any atom is 0.0618 e. The number of nitrogens with zero attached hydrogens (tertiary/aromatic N) is 1. The Labute approximate surface area is 301 Å². The third-order valence-corrected chi connectivity index (χ3v) is 9.63. The lowest BCUT2D eigenvalue weighted by atomic mass is 9.89. The minimum Gasteiger partial charge on any atom is -0.309 e. The van der Waals surface area contributed by atoms with Crippen LogP contribution < -0.4 is 4.90 Å². The van der Waals surface area contributed by atoms with Gasteiger partial charge in [0.25, 0.3) is 0 Å². The molecule has 0 fully saturated rings. The number of hydrogen-bond donors (Lipinski definition) is 0. The van der Waals surface area contributed by atoms with Gasteiger partial charge in [-0.2, -0.15) is 0 Å². The second-order valence-electron chi connectivity index (χ2n) is 13.2. The number of anilines is 3. The highest BCUT2D eigenvalue weighted by atomic mass is 15.1. The maximum absolute atomic E-state index is 2.44. The zero-order valence-corrected chi connectivity index (χ0v) is 29.0. The lowest BCUT2D eigenvalue weighted by Gasteiger charge is -2.31. The van der Waals surface area contributed by atoms with Crippen LogP contribution in [0.25, 0.3) is 55.6 Å². The Bertz CT molecular complexity index is 2210. The van der Waals surface area contributed by atoms with Gasteiger partial charge in [0.1, 0.15) is 0 Å². The lowest BCUT2D eigenvalue weighted by molar-refractivity contribution is 1.28. The van der Waals surface area contributed by atoms with Gasteiger partial charge in [-0.15, -0.1) is 0 Å². The molecule has 1 heteroatoms. The zero-order chi connectivity index (χ0) is 34.6. The highest BCUT2D eigenvalue weighted by molar-refractivity contribution is 6.00. The van der Waals surface area contributed by atoms with Crippen molar-refractivity contribution in [3.05, 3.63) is 211 Å². The number of rotatable bonds is 8. The highest BCUT2D eigenvalue weighted by Crippen LogP contribution is 2.49. The zero-order valence-electron chi connectivity index (χ0n) is 29.0. The maximum atomic E-state index is 2.44. The van der Waals surface area contributed by atoms with Crippen LogP contribution in [0.3, 0.4) is 0 Å². The van der Waals surface area contributed by atoms with Crippen LogP contribution in [0.2, 0.25) is 0 Å². The fourth-order valence-electron chi connectivity index (χ4n) is 6.85. The van der Waals surface area contributed by atoms with Crippen molar-refractivity contribution in [2.75, 3.05) is 4.90 Å². The van der Waals surface area contributed by atoms with Gasteiger partial charge in [0.2, 0.25) is 0 Å². The molecule has 0 radical (unpaired) electrons. The molecule has 0 saturated carbocycles. The van der Waals surface area contributed by atoms with Crippen LogP contribution in [-0.4, -0.2) is 0 Å². The van der Waals surface area contributed by atoms with E-state index in [1.165, 1.54) is 66.8 Å². The Hall–Kier alpha value is -6.44. The second kappa shape index (κ2) is 14.2. The van der Waals surface area contributed by atoms with E-state index in [1.807, 2.05) is 0 Å². The molecule has 244 valence electrons. The van der Waals surface area contributed by atoms with E-state index in [0.29, 0.717) is 0 Å². The van der Waals surface area contributed by atoms with Crippen molar-refractivity contribution in [2.24, 2.45) is 0 Å². The molecule has 0 bridgehead atoms. The van der Waals surface area contributed by atoms with Crippen LogP contribution in [0.4, 0.5) is 17.1 Å². The number of hydrogen-bond acceptors (Lipinski definition) is 1. The largest absolute Gasteiger partial charge is 0.309 e. The minimum atomic E-state index is 1.09. The molecule has 0 aliphatic carbocycles. The monoisotopic (exact) mass is 653 g/mol. The predicted octanol–water partition coefficient (Wildman–Crippen LogP) is 14.1. The molecule has 0 aromatic heterocycles. The van der Waals surface area contributed by atoms with Crippen molar-refractivity contribution in [1.29, 1.82) is 0 Å². The van der Waals surface area contributed by atoms with E-state index in [4.69, 9.17) is 0 Å². The highest BCUT2D eigenvalue weighted by Gasteiger charge is 2.23. The summed E-state index contributed by atoms with van der Waals surface area (Å²) in [6.07, 6.45) is 0. The molecule has 0 N–H and O–H groups in total. The van der Waals surface area contributed by atoms with Crippen molar-refractivity contribution < 1.29 is 0 Å². The molecule has 0 saturated heterocycles. The Balaban J connectivity index is 1.38. The summed E-state index contributed by atoms with van der Waals surface area (Å²) in [5, 5.41) is 0. The molecule has 0 spiro atoms. The van der Waals surface area contributed by atoms with E-state index >= 15 is 0 Å². The number of benzene rings is 8. The summed E-state index contributed by atoms with van der Waals surface area (Å²) in [5.41, 5.74) is 17.7. The molecule has 0 heterocycles. The first-order valence-electron chi connectivity index (χ1n) is 17.6. The van der Waals surface area contributed by atoms with Crippen molar-refractivity contribution in [2.45, 2.75) is 13.8 Å². The average molecular weight is 654 g/mol. The van der Waals surface area contributed by atoms with E-state index in [0.717, 1.165) is 17.1 Å². The standard InChI is InChI=1S/C50H39N/c1-36-18-22-39(23-19-36)41-26-30-46(31-27-41)51(47-32-28-42(29-33-47)40-24-20-37(2)21-25-40)50-48(43-14-8-4-9-15-43)34-45(38-12-6-3-7-13-38)35-49(50)44-16-10-5-11-17-44/h3-35H,1-2H3. The summed E-state index contributed by atoms with van der Waals surface area (Å²) in [7, 11) is 0. The minimum absolute atomic E-state index is 1.09. The van der Waals surface area contributed by atoms with Crippen LogP contribution in [-0.2, 0) is 0 Å². The molecule has 8 aromatic carbocycles. The van der Waals surface area contributed by atoms with E-state index < -0.39 is 0 Å². The Morgan fingerprint density at radius 3 is 0.922 bits per heavy atom. The first kappa shape index (κ1) is 31.8. The van der Waals surface area contributed by atoms with Crippen LogP contribution in [0, 0.1) is 13.8 Å². The van der Waals surface area contributed by atoms with Crippen molar-refractivity contribution in [3.8, 4) is 55.6 Å². The van der Waals surface area contributed by atoms with Crippen LogP contribution in [0.5, 0.6) is 0 Å². The summed E-state index contributed by atoms with van der Waals surface area (Å²) >= 11 is 0. The van der Waals surface area contributed by atoms with E-state index in [-0.39, 0.29) is 0 Å². The number of aryl methyl sites for hydroxylation is 2. The molecule has 8 rings (SSSR count). The summed E-state index contributed by atoms with van der Waals surface area (Å²) in [5.74, 6) is 0. The summed E-state index contributed by atoms with van der Waals surface area (Å²) < 4.78 is 0. The first-order chi connectivity index (χ1) is 25.1. The van der Waals surface area contributed by atoms with Crippen LogP contribution in [0.15, 0.2) is 200 Å². The smallest absolute Gasteiger partial charge is 0.0618 e. The van der Waals surface area contributed by atoms with Crippen LogP contribution >= 0.6 is 0 Å². The predicted molar refractivity (Wildman–Crippen MR) is 218 cm³/mol. The molecule has 0 unspecified atom stereocenters. The van der Waals surface area contributed by atoms with Crippen molar-refractivity contribution >= 4 is 17.1 Å². The van der Waals surface area contributed by atoms with Crippen LogP contribution in [0.1, 0.15) is 11.1 Å². The Kier molecular flexibility index (Phi) is 8.85. The summed E-state index contributed by atoms with van der Waals surface area (Å²) in [6.45, 7) is 4.26. The van der Waals surface area contributed by atoms with Gasteiger partial charge < -0.3 is 4.90 Å². The van der Waals surface area contributed by atoms with Gasteiger partial charge in [-0.05, 0) is 94.8 Å². The van der Waals surface area contributed by atoms with Gasteiger partial charge >= 0.3 is 0 Å². The topological polar surface area (TPSA) is 3.24 Å². The summed E-state index contributed by atoms with van der Waals surface area (Å²) in [6, 6.07) is 72.6. The average Bonchev–Trinajstić information content (AvgIpc) is 3.20. The first-order valence-corrected chi connectivity index (χ1v) is 17.6. The molecule has 1 nitrogen and oxygen atoms in total. The van der Waals surface area contributed by atoms with Gasteiger partial charge in [-0.25, -0.2) is 0 Å². The normalized spacial score (nSPS) is 10.9. The fraction of sp³-hybridized carbons (Fsp3) is 0.0400. The van der Waals surface area contributed by atoms with E-state index in [1.54, 1.807) is 0 Å². The second-order valence-corrected chi connectivity index (χ2v) is 13.2. The van der Waals surface area contributed by atoms with Crippen molar-refractivity contribution in [1.82, 2.24) is 0 Å². The lowest BCUT2D eigenvalue weighted by Crippen LogP contribution is -2.13. The van der Waals surface area contributed by atoms with Gasteiger partial charge in [0.05, 0.1) is 5.69 Å². The van der Waals surface area contributed by atoms with Gasteiger partial charge in [0.15, 0.2) is 0 Å². The van der Waals surface area contributed by atoms with Gasteiger partial charge in [-0.3, -0.25) is 0 Å². The fourth-order valence-corrected chi connectivity index (χ4v) is 6.85. The third-order valence-electron chi connectivity index (χ3n) is 9.63. The SMILES string of the molecule is Cc1ccc(-c2ccc(N(c3ccc(-c4ccc(C)cc4)cc3)c3c(-c4ccccc4)cc(-c4ccccc4)cc3-c3ccccc3)cc2)cc1. The molecule has 0 aliphatic heterocycles. The molecular weight excluding hydrogens is 615 g/mol. The third kappa shape index (κ3) is 6.75. The molecule has 0 atom stereocenters. The Morgan fingerprint density at radius 1 is 0.275 bits per heavy atom.